The highest BCUT2D eigenvalue weighted by atomic mass is 31.2. The van der Waals surface area contributed by atoms with Crippen LogP contribution < -0.4 is 20.8 Å². The molecular weight excluding hydrogens is 475 g/mol. The third-order valence-corrected chi connectivity index (χ3v) is 6.70. The lowest BCUT2D eigenvalue weighted by Gasteiger charge is -2.27. The molecule has 0 aliphatic carbocycles. The van der Waals surface area contributed by atoms with Crippen LogP contribution in [0.25, 0.3) is 0 Å². The monoisotopic (exact) mass is 500 g/mol. The fraction of sp³-hybridized carbons (Fsp3) is 0.421. The van der Waals surface area contributed by atoms with Crippen molar-refractivity contribution in [2.24, 2.45) is 0 Å². The first-order chi connectivity index (χ1) is 16.0. The van der Waals surface area contributed by atoms with Crippen LogP contribution in [-0.4, -0.2) is 66.5 Å². The van der Waals surface area contributed by atoms with Crippen LogP contribution in [-0.2, 0) is 18.6 Å². The number of aliphatic carboxylic acids is 1. The average Bonchev–Trinajstić information content (AvgIpc) is 3.01. The molecule has 1 fully saturated rings. The number of hydrogen-bond acceptors (Lipinski definition) is 11. The molecule has 1 aromatic heterocycles. The minimum absolute atomic E-state index is 0.129. The van der Waals surface area contributed by atoms with Gasteiger partial charge in [-0.05, 0) is 32.0 Å². The Morgan fingerprint density at radius 2 is 2.03 bits per heavy atom. The molecule has 1 aliphatic rings. The molecule has 2 unspecified atom stereocenters. The quantitative estimate of drug-likeness (QED) is 0.192. The number of carbonyl (C=O) groups is 1. The summed E-state index contributed by atoms with van der Waals surface area (Å²) in [7, 11) is -4.30. The van der Waals surface area contributed by atoms with Crippen molar-refractivity contribution in [1.82, 2.24) is 14.6 Å². The number of nitrogens with one attached hydrogen (secondary N) is 2. The van der Waals surface area contributed by atoms with E-state index in [1.807, 2.05) is 0 Å². The number of benzene rings is 1. The van der Waals surface area contributed by atoms with Crippen molar-refractivity contribution in [3.05, 3.63) is 53.1 Å². The molecule has 1 aliphatic heterocycles. The molecule has 15 heteroatoms. The van der Waals surface area contributed by atoms with Crippen LogP contribution in [0.4, 0.5) is 5.82 Å². The number of anilines is 1. The first kappa shape index (κ1) is 25.8. The van der Waals surface area contributed by atoms with Gasteiger partial charge in [0, 0.05) is 6.20 Å². The number of nitrogens with zero attached hydrogens (tertiary/aromatic N) is 2. The van der Waals surface area contributed by atoms with Gasteiger partial charge in [-0.25, -0.2) is 9.36 Å². The molecule has 2 heterocycles. The number of para-hydroxylation sites is 1. The van der Waals surface area contributed by atoms with E-state index >= 15 is 0 Å². The lowest BCUT2D eigenvalue weighted by molar-refractivity contribution is -0.138. The van der Waals surface area contributed by atoms with Gasteiger partial charge in [-0.2, -0.15) is 10.1 Å². The molecule has 0 amide bonds. The van der Waals surface area contributed by atoms with Crippen LogP contribution in [0.2, 0.25) is 0 Å². The van der Waals surface area contributed by atoms with Gasteiger partial charge in [0.25, 0.3) is 0 Å². The van der Waals surface area contributed by atoms with Crippen LogP contribution in [0.15, 0.2) is 47.4 Å². The third-order valence-electron chi connectivity index (χ3n) is 5.05. The van der Waals surface area contributed by atoms with Crippen molar-refractivity contribution in [2.45, 2.75) is 43.9 Å². The normalized spacial score (nSPS) is 27.0. The molecule has 1 saturated heterocycles. The molecule has 1 aromatic carbocycles. The van der Waals surface area contributed by atoms with E-state index < -0.39 is 56.1 Å². The summed E-state index contributed by atoms with van der Waals surface area (Å²) >= 11 is 0. The van der Waals surface area contributed by atoms with Gasteiger partial charge in [-0.3, -0.25) is 24.6 Å². The lowest BCUT2D eigenvalue weighted by Crippen LogP contribution is -2.46. The summed E-state index contributed by atoms with van der Waals surface area (Å²) < 4.78 is 30.6. The van der Waals surface area contributed by atoms with Crippen molar-refractivity contribution in [1.29, 1.82) is 0 Å². The SMILES string of the molecule is C[C@H](NP(=O)(OC[C@H]1O[C@@H](n2ccc(NO)nc2=O)[C@](C)(O)C1O)Oc1ccccc1)C(=O)O. The highest BCUT2D eigenvalue weighted by Crippen LogP contribution is 2.46. The first-order valence-electron chi connectivity index (χ1n) is 10.0. The van der Waals surface area contributed by atoms with Gasteiger partial charge in [-0.1, -0.05) is 18.2 Å². The minimum atomic E-state index is -4.30. The van der Waals surface area contributed by atoms with Crippen LogP contribution >= 0.6 is 7.75 Å². The number of aliphatic hydroxyl groups excluding tert-OH is 1. The van der Waals surface area contributed by atoms with Crippen molar-refractivity contribution in [3.8, 4) is 5.75 Å². The molecule has 6 N–H and O–H groups in total. The number of carboxylic acids is 1. The molecule has 6 atom stereocenters. The second-order valence-electron chi connectivity index (χ2n) is 7.70. The predicted molar refractivity (Wildman–Crippen MR) is 115 cm³/mol. The Labute approximate surface area is 193 Å². The number of aromatic nitrogens is 2. The summed E-state index contributed by atoms with van der Waals surface area (Å²) in [6, 6.07) is 7.78. The van der Waals surface area contributed by atoms with Crippen molar-refractivity contribution < 1.29 is 43.7 Å². The van der Waals surface area contributed by atoms with Gasteiger partial charge in [-0.15, -0.1) is 0 Å². The Morgan fingerprint density at radius 3 is 2.62 bits per heavy atom. The third kappa shape index (κ3) is 5.62. The number of carboxylic acid groups (broad SMARTS) is 1. The summed E-state index contributed by atoms with van der Waals surface area (Å²) in [6.45, 7) is 1.85. The molecule has 186 valence electrons. The van der Waals surface area contributed by atoms with Gasteiger partial charge in [0.15, 0.2) is 12.0 Å². The Morgan fingerprint density at radius 1 is 1.35 bits per heavy atom. The fourth-order valence-electron chi connectivity index (χ4n) is 3.21. The van der Waals surface area contributed by atoms with Crippen LogP contribution in [0, 0.1) is 0 Å². The van der Waals surface area contributed by atoms with Crippen molar-refractivity contribution in [2.75, 3.05) is 12.1 Å². The van der Waals surface area contributed by atoms with Crippen molar-refractivity contribution in [3.63, 3.8) is 0 Å². The van der Waals surface area contributed by atoms with Gasteiger partial charge in [0.2, 0.25) is 0 Å². The number of aliphatic hydroxyl groups is 2. The van der Waals surface area contributed by atoms with Crippen LogP contribution in [0.1, 0.15) is 20.1 Å². The maximum absolute atomic E-state index is 13.3. The maximum Gasteiger partial charge on any atom is 0.459 e. The number of hydrogen-bond donors (Lipinski definition) is 6. The molecule has 0 radical (unpaired) electrons. The van der Waals surface area contributed by atoms with E-state index in [1.54, 1.807) is 23.7 Å². The van der Waals surface area contributed by atoms with Crippen molar-refractivity contribution >= 4 is 19.5 Å². The molecule has 3 rings (SSSR count). The fourth-order valence-corrected chi connectivity index (χ4v) is 4.71. The van der Waals surface area contributed by atoms with E-state index in [9.17, 15) is 29.5 Å². The van der Waals surface area contributed by atoms with E-state index in [-0.39, 0.29) is 11.6 Å². The van der Waals surface area contributed by atoms with E-state index in [0.717, 1.165) is 4.57 Å². The maximum atomic E-state index is 13.3. The predicted octanol–water partition coefficient (Wildman–Crippen LogP) is 0.320. The standard InChI is InChI=1S/C19H25N4O10P/c1-11(16(25)26)22-34(30,33-12-6-4-3-5-7-12)31-10-13-15(24)19(2,28)17(32-13)23-9-8-14(21-29)20-18(23)27/h3-9,11,13,15,17,24,28-29H,10H2,1-2H3,(H,22,30)(H,25,26)(H,20,21,27)/t11-,13+,15?,17+,19+,34?/m0/s1. The Hall–Kier alpha value is -2.84. The second-order valence-corrected chi connectivity index (χ2v) is 9.39. The molecular formula is C19H25N4O10P. The highest BCUT2D eigenvalue weighted by Gasteiger charge is 2.54. The first-order valence-corrected chi connectivity index (χ1v) is 11.6. The Kier molecular flexibility index (Phi) is 7.73. The van der Waals surface area contributed by atoms with E-state index in [4.69, 9.17) is 19.0 Å². The molecule has 0 spiro atoms. The van der Waals surface area contributed by atoms with Gasteiger partial charge >= 0.3 is 19.4 Å². The average molecular weight is 500 g/mol. The van der Waals surface area contributed by atoms with E-state index in [0.29, 0.717) is 0 Å². The molecule has 0 bridgehead atoms. The lowest BCUT2D eigenvalue weighted by atomic mass is 9.96. The zero-order valence-corrected chi connectivity index (χ0v) is 19.0. The Balaban J connectivity index is 1.80. The van der Waals surface area contributed by atoms with Crippen LogP contribution in [0.5, 0.6) is 5.75 Å². The number of rotatable bonds is 10. The summed E-state index contributed by atoms with van der Waals surface area (Å²) in [5.74, 6) is -1.32. The van der Waals surface area contributed by atoms with Gasteiger partial charge in [0.1, 0.15) is 29.6 Å². The van der Waals surface area contributed by atoms with Gasteiger partial charge in [0.05, 0.1) is 6.61 Å². The zero-order chi connectivity index (χ0) is 25.1. The molecule has 34 heavy (non-hydrogen) atoms. The summed E-state index contributed by atoms with van der Waals surface area (Å²) in [5, 5.41) is 41.7. The summed E-state index contributed by atoms with van der Waals surface area (Å²) in [5.41, 5.74) is -1.18. The van der Waals surface area contributed by atoms with E-state index in [1.165, 1.54) is 38.2 Å². The molecule has 2 aromatic rings. The molecule has 14 nitrogen and oxygen atoms in total. The largest absolute Gasteiger partial charge is 0.480 e. The smallest absolute Gasteiger partial charge is 0.459 e. The molecule has 0 saturated carbocycles. The topological polar surface area (TPSA) is 202 Å². The minimum Gasteiger partial charge on any atom is -0.480 e. The summed E-state index contributed by atoms with van der Waals surface area (Å²) in [4.78, 5) is 27.1. The Bertz CT molecular complexity index is 1110. The van der Waals surface area contributed by atoms with Gasteiger partial charge < -0.3 is 24.6 Å². The zero-order valence-electron chi connectivity index (χ0n) is 18.1. The van der Waals surface area contributed by atoms with E-state index in [2.05, 4.69) is 10.1 Å². The summed E-state index contributed by atoms with van der Waals surface area (Å²) in [6.07, 6.45) is -3.13. The highest BCUT2D eigenvalue weighted by molar-refractivity contribution is 7.52. The number of ether oxygens (including phenoxy) is 1. The van der Waals surface area contributed by atoms with Crippen LogP contribution in [0.3, 0.4) is 0 Å². The second kappa shape index (κ2) is 10.2.